The molecule has 0 bridgehead atoms. The Labute approximate surface area is 142 Å². The molecule has 1 saturated carbocycles. The predicted octanol–water partition coefficient (Wildman–Crippen LogP) is 2.04. The zero-order chi connectivity index (χ0) is 16.9. The highest BCUT2D eigenvalue weighted by Crippen LogP contribution is 2.23. The van der Waals surface area contributed by atoms with E-state index >= 15 is 0 Å². The average Bonchev–Trinajstić information content (AvgIpc) is 3.00. The van der Waals surface area contributed by atoms with E-state index < -0.39 is 0 Å². The number of aromatic nitrogens is 2. The predicted molar refractivity (Wildman–Crippen MR) is 93.0 cm³/mol. The molecule has 2 aromatic rings. The molecule has 2 aromatic heterocycles. The second-order valence-electron chi connectivity index (χ2n) is 6.64. The van der Waals surface area contributed by atoms with Gasteiger partial charge < -0.3 is 20.1 Å². The minimum absolute atomic E-state index is 0.0848. The molecule has 0 spiro atoms. The minimum atomic E-state index is -0.153. The number of aliphatic hydroxyl groups is 1. The summed E-state index contributed by atoms with van der Waals surface area (Å²) in [6.07, 6.45) is 8.87. The molecular formula is C18H26N4O2. The number of aliphatic hydroxyl groups excluding tert-OH is 1. The van der Waals surface area contributed by atoms with Crippen LogP contribution in [0.4, 0.5) is 4.79 Å². The van der Waals surface area contributed by atoms with Crippen molar-refractivity contribution in [2.24, 2.45) is 5.92 Å². The molecule has 3 N–H and O–H groups in total. The molecule has 130 valence electrons. The van der Waals surface area contributed by atoms with Gasteiger partial charge in [-0.3, -0.25) is 0 Å². The molecule has 3 rings (SSSR count). The van der Waals surface area contributed by atoms with E-state index in [2.05, 4.69) is 15.6 Å². The third-order valence-corrected chi connectivity index (χ3v) is 4.85. The third-order valence-electron chi connectivity index (χ3n) is 4.85. The van der Waals surface area contributed by atoms with E-state index in [1.807, 2.05) is 35.9 Å². The van der Waals surface area contributed by atoms with Crippen molar-refractivity contribution in [3.63, 3.8) is 0 Å². The van der Waals surface area contributed by atoms with Crippen molar-refractivity contribution in [3.05, 3.63) is 35.8 Å². The lowest BCUT2D eigenvalue weighted by Crippen LogP contribution is -2.48. The van der Waals surface area contributed by atoms with Gasteiger partial charge in [-0.15, -0.1) is 0 Å². The second kappa shape index (κ2) is 7.66. The van der Waals surface area contributed by atoms with Crippen molar-refractivity contribution in [2.45, 2.75) is 45.1 Å². The maximum absolute atomic E-state index is 12.1. The molecule has 0 saturated heterocycles. The largest absolute Gasteiger partial charge is 0.396 e. The zero-order valence-electron chi connectivity index (χ0n) is 14.2. The zero-order valence-corrected chi connectivity index (χ0v) is 14.2. The van der Waals surface area contributed by atoms with Crippen LogP contribution in [0.15, 0.2) is 24.5 Å². The lowest BCUT2D eigenvalue weighted by atomic mass is 9.85. The number of pyridine rings is 1. The van der Waals surface area contributed by atoms with Gasteiger partial charge in [-0.25, -0.2) is 9.78 Å². The first-order valence-electron chi connectivity index (χ1n) is 8.76. The van der Waals surface area contributed by atoms with Gasteiger partial charge in [-0.1, -0.05) is 18.9 Å². The first-order chi connectivity index (χ1) is 11.7. The Balaban J connectivity index is 1.48. The highest BCUT2D eigenvalue weighted by molar-refractivity contribution is 5.74. The van der Waals surface area contributed by atoms with Crippen molar-refractivity contribution < 1.29 is 9.90 Å². The lowest BCUT2D eigenvalue weighted by Gasteiger charge is -2.30. The number of aryl methyl sites for hydroxylation is 1. The van der Waals surface area contributed by atoms with Gasteiger partial charge in [0.2, 0.25) is 0 Å². The SMILES string of the molecule is Cc1cccn2cc(CCNC(=O)N[C@H]3CCCC[C@@H]3CO)nc12. The van der Waals surface area contributed by atoms with Crippen molar-refractivity contribution in [1.82, 2.24) is 20.0 Å². The number of imidazole rings is 1. The normalized spacial score (nSPS) is 20.9. The van der Waals surface area contributed by atoms with Gasteiger partial charge in [-0.2, -0.15) is 0 Å². The first-order valence-corrected chi connectivity index (χ1v) is 8.76. The van der Waals surface area contributed by atoms with Crippen LogP contribution in [-0.2, 0) is 6.42 Å². The molecule has 2 atom stereocenters. The lowest BCUT2D eigenvalue weighted by molar-refractivity contribution is 0.154. The number of rotatable bonds is 5. The minimum Gasteiger partial charge on any atom is -0.396 e. The van der Waals surface area contributed by atoms with E-state index in [0.717, 1.165) is 42.6 Å². The Morgan fingerprint density at radius 3 is 3.04 bits per heavy atom. The molecule has 2 heterocycles. The van der Waals surface area contributed by atoms with Gasteiger partial charge >= 0.3 is 6.03 Å². The summed E-state index contributed by atoms with van der Waals surface area (Å²) >= 11 is 0. The number of nitrogens with zero attached hydrogens (tertiary/aromatic N) is 2. The maximum Gasteiger partial charge on any atom is 0.315 e. The Morgan fingerprint density at radius 1 is 1.42 bits per heavy atom. The van der Waals surface area contributed by atoms with Crippen molar-refractivity contribution in [1.29, 1.82) is 0 Å². The summed E-state index contributed by atoms with van der Waals surface area (Å²) in [7, 11) is 0. The Bertz CT molecular complexity index is 697. The smallest absolute Gasteiger partial charge is 0.315 e. The van der Waals surface area contributed by atoms with Gasteiger partial charge in [0, 0.05) is 43.9 Å². The van der Waals surface area contributed by atoms with E-state index in [-0.39, 0.29) is 24.6 Å². The fraction of sp³-hybridized carbons (Fsp3) is 0.556. The summed E-state index contributed by atoms with van der Waals surface area (Å²) in [6, 6.07) is 3.97. The van der Waals surface area contributed by atoms with Gasteiger partial charge in [0.25, 0.3) is 0 Å². The second-order valence-corrected chi connectivity index (χ2v) is 6.64. The molecule has 0 aliphatic heterocycles. The highest BCUT2D eigenvalue weighted by Gasteiger charge is 2.25. The molecule has 6 heteroatoms. The third kappa shape index (κ3) is 3.87. The standard InChI is InChI=1S/C18H26N4O2/c1-13-5-4-10-22-11-15(20-17(13)22)8-9-19-18(24)21-16-7-3-2-6-14(16)12-23/h4-5,10-11,14,16,23H,2-3,6-9,12H2,1H3,(H2,19,21,24)/t14-,16+/m1/s1. The number of hydrogen-bond donors (Lipinski definition) is 3. The number of carbonyl (C=O) groups excluding carboxylic acids is 1. The van der Waals surface area contributed by atoms with E-state index in [0.29, 0.717) is 13.0 Å². The van der Waals surface area contributed by atoms with Gasteiger partial charge in [0.05, 0.1) is 5.69 Å². The highest BCUT2D eigenvalue weighted by atomic mass is 16.3. The van der Waals surface area contributed by atoms with Crippen LogP contribution < -0.4 is 10.6 Å². The van der Waals surface area contributed by atoms with Crippen LogP contribution in [0.1, 0.15) is 36.9 Å². The van der Waals surface area contributed by atoms with Crippen LogP contribution in [-0.4, -0.2) is 39.7 Å². The number of urea groups is 1. The first kappa shape index (κ1) is 16.8. The van der Waals surface area contributed by atoms with Crippen LogP contribution in [0.3, 0.4) is 0 Å². The Kier molecular flexibility index (Phi) is 5.35. The van der Waals surface area contributed by atoms with Crippen LogP contribution in [0.25, 0.3) is 5.65 Å². The molecule has 24 heavy (non-hydrogen) atoms. The summed E-state index contributed by atoms with van der Waals surface area (Å²) in [5.41, 5.74) is 3.07. The summed E-state index contributed by atoms with van der Waals surface area (Å²) in [5, 5.41) is 15.3. The van der Waals surface area contributed by atoms with E-state index in [9.17, 15) is 9.90 Å². The van der Waals surface area contributed by atoms with Crippen LogP contribution >= 0.6 is 0 Å². The van der Waals surface area contributed by atoms with Crippen LogP contribution in [0, 0.1) is 12.8 Å². The van der Waals surface area contributed by atoms with Crippen molar-refractivity contribution in [3.8, 4) is 0 Å². The molecule has 0 unspecified atom stereocenters. The van der Waals surface area contributed by atoms with Gasteiger partial charge in [0.1, 0.15) is 5.65 Å². The monoisotopic (exact) mass is 330 g/mol. The molecule has 1 aliphatic rings. The van der Waals surface area contributed by atoms with Crippen LogP contribution in [0.2, 0.25) is 0 Å². The molecule has 2 amide bonds. The van der Waals surface area contributed by atoms with E-state index in [4.69, 9.17) is 0 Å². The van der Waals surface area contributed by atoms with Crippen LogP contribution in [0.5, 0.6) is 0 Å². The van der Waals surface area contributed by atoms with Gasteiger partial charge in [0.15, 0.2) is 0 Å². The number of amides is 2. The summed E-state index contributed by atoms with van der Waals surface area (Å²) in [5.74, 6) is 0.186. The quantitative estimate of drug-likeness (QED) is 0.785. The van der Waals surface area contributed by atoms with E-state index in [1.165, 1.54) is 0 Å². The Hall–Kier alpha value is -2.08. The molecule has 0 radical (unpaired) electrons. The summed E-state index contributed by atoms with van der Waals surface area (Å²) in [6.45, 7) is 2.73. The number of carbonyl (C=O) groups is 1. The number of nitrogens with one attached hydrogen (secondary N) is 2. The number of hydrogen-bond acceptors (Lipinski definition) is 3. The maximum atomic E-state index is 12.1. The molecule has 1 fully saturated rings. The molecule has 6 nitrogen and oxygen atoms in total. The molecule has 0 aromatic carbocycles. The fourth-order valence-corrected chi connectivity index (χ4v) is 3.46. The molecule has 1 aliphatic carbocycles. The van der Waals surface area contributed by atoms with E-state index in [1.54, 1.807) is 0 Å². The molecular weight excluding hydrogens is 304 g/mol. The Morgan fingerprint density at radius 2 is 2.25 bits per heavy atom. The average molecular weight is 330 g/mol. The summed E-state index contributed by atoms with van der Waals surface area (Å²) in [4.78, 5) is 16.7. The fourth-order valence-electron chi connectivity index (χ4n) is 3.46. The van der Waals surface area contributed by atoms with Gasteiger partial charge in [-0.05, 0) is 31.4 Å². The van der Waals surface area contributed by atoms with Crippen molar-refractivity contribution in [2.75, 3.05) is 13.2 Å². The topological polar surface area (TPSA) is 78.7 Å². The summed E-state index contributed by atoms with van der Waals surface area (Å²) < 4.78 is 2.01. The number of fused-ring (bicyclic) bond motifs is 1. The van der Waals surface area contributed by atoms with Crippen molar-refractivity contribution >= 4 is 11.7 Å².